The van der Waals surface area contributed by atoms with Gasteiger partial charge >= 0.3 is 0 Å². The van der Waals surface area contributed by atoms with Crippen molar-refractivity contribution >= 4 is 15.9 Å². The maximum atomic E-state index is 13.5. The van der Waals surface area contributed by atoms with Crippen molar-refractivity contribution < 1.29 is 4.39 Å². The van der Waals surface area contributed by atoms with Crippen molar-refractivity contribution in [1.82, 2.24) is 5.43 Å². The summed E-state index contributed by atoms with van der Waals surface area (Å²) in [5.74, 6) is 6.70. The van der Waals surface area contributed by atoms with Crippen LogP contribution >= 0.6 is 15.9 Å². The van der Waals surface area contributed by atoms with E-state index in [1.54, 1.807) is 6.07 Å². The van der Waals surface area contributed by atoms with Crippen LogP contribution in [0.3, 0.4) is 0 Å². The monoisotopic (exact) mass is 314 g/mol. The van der Waals surface area contributed by atoms with Crippen LogP contribution in [0.15, 0.2) is 22.7 Å². The number of nitrogens with one attached hydrogen (secondary N) is 1. The lowest BCUT2D eigenvalue weighted by Crippen LogP contribution is -2.35. The van der Waals surface area contributed by atoms with Crippen molar-refractivity contribution in [2.45, 2.75) is 38.6 Å². The van der Waals surface area contributed by atoms with Crippen molar-refractivity contribution in [2.75, 3.05) is 0 Å². The molecule has 1 aromatic carbocycles. The van der Waals surface area contributed by atoms with Crippen molar-refractivity contribution in [3.8, 4) is 0 Å². The SMILES string of the molecule is CC1CCCC(C(NN)c2cc(F)cc(Br)c2)C1. The molecule has 4 heteroatoms. The number of benzene rings is 1. The van der Waals surface area contributed by atoms with Gasteiger partial charge < -0.3 is 0 Å². The molecule has 0 spiro atoms. The third kappa shape index (κ3) is 3.31. The van der Waals surface area contributed by atoms with E-state index in [9.17, 15) is 4.39 Å². The highest BCUT2D eigenvalue weighted by atomic mass is 79.9. The molecule has 1 fully saturated rings. The standard InChI is InChI=1S/C14H20BrFN2/c1-9-3-2-4-10(5-9)14(18-17)11-6-12(15)8-13(16)7-11/h6-10,14,18H,2-5,17H2,1H3. The summed E-state index contributed by atoms with van der Waals surface area (Å²) in [5.41, 5.74) is 3.81. The molecule has 18 heavy (non-hydrogen) atoms. The van der Waals surface area contributed by atoms with Gasteiger partial charge in [-0.25, -0.2) is 4.39 Å². The largest absolute Gasteiger partial charge is 0.271 e. The fraction of sp³-hybridized carbons (Fsp3) is 0.571. The summed E-state index contributed by atoms with van der Waals surface area (Å²) < 4.78 is 14.2. The Labute approximate surface area is 116 Å². The summed E-state index contributed by atoms with van der Waals surface area (Å²) in [6, 6.07) is 5.04. The average Bonchev–Trinajstić information content (AvgIpc) is 2.28. The van der Waals surface area contributed by atoms with E-state index < -0.39 is 0 Å². The molecule has 0 aliphatic heterocycles. The highest BCUT2D eigenvalue weighted by Crippen LogP contribution is 2.37. The Morgan fingerprint density at radius 2 is 2.17 bits per heavy atom. The van der Waals surface area contributed by atoms with E-state index in [4.69, 9.17) is 5.84 Å². The Morgan fingerprint density at radius 3 is 2.78 bits per heavy atom. The minimum Gasteiger partial charge on any atom is -0.271 e. The van der Waals surface area contributed by atoms with Gasteiger partial charge in [-0.1, -0.05) is 35.7 Å². The smallest absolute Gasteiger partial charge is 0.124 e. The first-order chi connectivity index (χ1) is 8.60. The lowest BCUT2D eigenvalue weighted by atomic mass is 9.77. The molecule has 2 rings (SSSR count). The fourth-order valence-corrected chi connectivity index (χ4v) is 3.53. The van der Waals surface area contributed by atoms with Crippen molar-refractivity contribution in [2.24, 2.45) is 17.7 Å². The second kappa shape index (κ2) is 6.13. The van der Waals surface area contributed by atoms with Gasteiger partial charge in [0.1, 0.15) is 5.82 Å². The molecule has 100 valence electrons. The molecule has 3 unspecified atom stereocenters. The molecule has 1 aromatic rings. The van der Waals surface area contributed by atoms with E-state index in [0.29, 0.717) is 5.92 Å². The molecule has 2 nitrogen and oxygen atoms in total. The van der Waals surface area contributed by atoms with E-state index in [-0.39, 0.29) is 11.9 Å². The molecule has 0 amide bonds. The lowest BCUT2D eigenvalue weighted by molar-refractivity contribution is 0.224. The van der Waals surface area contributed by atoms with Crippen LogP contribution in [0.4, 0.5) is 4.39 Å². The lowest BCUT2D eigenvalue weighted by Gasteiger charge is -2.33. The molecule has 0 heterocycles. The van der Waals surface area contributed by atoms with Gasteiger partial charge in [-0.2, -0.15) is 0 Å². The minimum atomic E-state index is -0.219. The predicted molar refractivity (Wildman–Crippen MR) is 75.3 cm³/mol. The molecule has 1 aliphatic rings. The average molecular weight is 315 g/mol. The van der Waals surface area contributed by atoms with E-state index in [2.05, 4.69) is 28.3 Å². The van der Waals surface area contributed by atoms with Crippen LogP contribution in [0, 0.1) is 17.7 Å². The number of hydrogen-bond acceptors (Lipinski definition) is 2. The summed E-state index contributed by atoms with van der Waals surface area (Å²) >= 11 is 3.34. The van der Waals surface area contributed by atoms with Gasteiger partial charge in [0.2, 0.25) is 0 Å². The first kappa shape index (κ1) is 14.0. The maximum absolute atomic E-state index is 13.5. The Bertz CT molecular complexity index is 391. The summed E-state index contributed by atoms with van der Waals surface area (Å²) in [6.45, 7) is 2.28. The molecule has 0 radical (unpaired) electrons. The van der Waals surface area contributed by atoms with Gasteiger partial charge in [-0.05, 0) is 48.4 Å². The Hall–Kier alpha value is -0.450. The number of hydrazine groups is 1. The van der Waals surface area contributed by atoms with Crippen molar-refractivity contribution in [3.63, 3.8) is 0 Å². The summed E-state index contributed by atoms with van der Waals surface area (Å²) in [6.07, 6.45) is 4.84. The van der Waals surface area contributed by atoms with Crippen molar-refractivity contribution in [1.29, 1.82) is 0 Å². The Balaban J connectivity index is 2.21. The highest BCUT2D eigenvalue weighted by Gasteiger charge is 2.27. The van der Waals surface area contributed by atoms with E-state index in [0.717, 1.165) is 28.8 Å². The molecule has 3 N–H and O–H groups in total. The second-order valence-corrected chi connectivity index (χ2v) is 6.29. The first-order valence-corrected chi connectivity index (χ1v) is 7.31. The molecular weight excluding hydrogens is 295 g/mol. The molecule has 3 atom stereocenters. The number of rotatable bonds is 3. The van der Waals surface area contributed by atoms with Crippen LogP contribution < -0.4 is 11.3 Å². The molecule has 0 bridgehead atoms. The van der Waals surface area contributed by atoms with Gasteiger partial charge in [0.05, 0.1) is 0 Å². The molecule has 0 aromatic heterocycles. The summed E-state index contributed by atoms with van der Waals surface area (Å²) in [7, 11) is 0. The maximum Gasteiger partial charge on any atom is 0.124 e. The molecule has 1 saturated carbocycles. The first-order valence-electron chi connectivity index (χ1n) is 6.52. The molecule has 0 saturated heterocycles. The quantitative estimate of drug-likeness (QED) is 0.655. The van der Waals surface area contributed by atoms with Crippen LogP contribution in [0.5, 0.6) is 0 Å². The van der Waals surface area contributed by atoms with Crippen LogP contribution in [0.25, 0.3) is 0 Å². The third-order valence-electron chi connectivity index (χ3n) is 3.87. The van der Waals surface area contributed by atoms with E-state index >= 15 is 0 Å². The minimum absolute atomic E-state index is 0.0414. The zero-order valence-electron chi connectivity index (χ0n) is 10.6. The van der Waals surface area contributed by atoms with E-state index in [1.807, 2.05) is 6.07 Å². The van der Waals surface area contributed by atoms with Crippen LogP contribution in [-0.2, 0) is 0 Å². The molecule has 1 aliphatic carbocycles. The zero-order valence-corrected chi connectivity index (χ0v) is 12.2. The Morgan fingerprint density at radius 1 is 1.39 bits per heavy atom. The fourth-order valence-electron chi connectivity index (χ4n) is 3.04. The highest BCUT2D eigenvalue weighted by molar-refractivity contribution is 9.10. The van der Waals surface area contributed by atoms with Crippen molar-refractivity contribution in [3.05, 3.63) is 34.1 Å². The Kier molecular flexibility index (Phi) is 4.76. The number of hydrogen-bond donors (Lipinski definition) is 2. The van der Waals surface area contributed by atoms with Crippen LogP contribution in [0.1, 0.15) is 44.2 Å². The summed E-state index contributed by atoms with van der Waals surface area (Å²) in [4.78, 5) is 0. The van der Waals surface area contributed by atoms with Gasteiger partial charge in [0, 0.05) is 10.5 Å². The van der Waals surface area contributed by atoms with Crippen LogP contribution in [-0.4, -0.2) is 0 Å². The zero-order chi connectivity index (χ0) is 13.1. The number of halogens is 2. The summed E-state index contributed by atoms with van der Waals surface area (Å²) in [5, 5.41) is 0. The predicted octanol–water partition coefficient (Wildman–Crippen LogP) is 3.92. The molecular formula is C14H20BrFN2. The van der Waals surface area contributed by atoms with E-state index in [1.165, 1.54) is 18.9 Å². The van der Waals surface area contributed by atoms with Gasteiger partial charge in [0.15, 0.2) is 0 Å². The normalized spacial score (nSPS) is 26.0. The second-order valence-electron chi connectivity index (χ2n) is 5.38. The third-order valence-corrected chi connectivity index (χ3v) is 4.33. The van der Waals surface area contributed by atoms with Gasteiger partial charge in [-0.3, -0.25) is 11.3 Å². The van der Waals surface area contributed by atoms with Gasteiger partial charge in [0.25, 0.3) is 0 Å². The van der Waals surface area contributed by atoms with Crippen LogP contribution in [0.2, 0.25) is 0 Å². The topological polar surface area (TPSA) is 38.0 Å². The number of nitrogens with two attached hydrogens (primary N) is 1. The van der Waals surface area contributed by atoms with Gasteiger partial charge in [-0.15, -0.1) is 0 Å².